The molecule has 128 valence electrons. The summed E-state index contributed by atoms with van der Waals surface area (Å²) < 4.78 is 0. The number of aryl methyl sites for hydroxylation is 3. The summed E-state index contributed by atoms with van der Waals surface area (Å²) in [6, 6.07) is 9.07. The lowest BCUT2D eigenvalue weighted by Crippen LogP contribution is -2.19. The molecule has 1 saturated carbocycles. The van der Waals surface area contributed by atoms with E-state index in [9.17, 15) is 0 Å². The highest BCUT2D eigenvalue weighted by molar-refractivity contribution is 5.23. The molecule has 24 heavy (non-hydrogen) atoms. The molecule has 2 nitrogen and oxygen atoms in total. The number of nitrogens with zero attached hydrogens (tertiary/aromatic N) is 2. The molecule has 1 aliphatic carbocycles. The molecule has 0 amide bonds. The Labute approximate surface area is 146 Å². The van der Waals surface area contributed by atoms with Crippen molar-refractivity contribution < 1.29 is 0 Å². The van der Waals surface area contributed by atoms with Crippen molar-refractivity contribution in [1.82, 2.24) is 9.97 Å². The minimum absolute atomic E-state index is 0.765. The van der Waals surface area contributed by atoms with Gasteiger partial charge in [-0.3, -0.25) is 0 Å². The summed E-state index contributed by atoms with van der Waals surface area (Å²) in [4.78, 5) is 9.42. The van der Waals surface area contributed by atoms with Gasteiger partial charge in [0.05, 0.1) is 0 Å². The fourth-order valence-electron chi connectivity index (χ4n) is 3.89. The third kappa shape index (κ3) is 4.23. The van der Waals surface area contributed by atoms with Gasteiger partial charge in [-0.2, -0.15) is 0 Å². The Kier molecular flexibility index (Phi) is 5.33. The minimum atomic E-state index is 0.765. The molecule has 1 aromatic heterocycles. The molecule has 0 unspecified atom stereocenters. The van der Waals surface area contributed by atoms with Gasteiger partial charge in [-0.1, -0.05) is 29.8 Å². The summed E-state index contributed by atoms with van der Waals surface area (Å²) in [6.07, 6.45) is 7.65. The van der Waals surface area contributed by atoms with Gasteiger partial charge >= 0.3 is 0 Å². The van der Waals surface area contributed by atoms with Gasteiger partial charge in [-0.25, -0.2) is 9.97 Å². The van der Waals surface area contributed by atoms with E-state index in [-0.39, 0.29) is 0 Å². The Hall–Kier alpha value is -1.70. The molecule has 0 aliphatic heterocycles. The minimum Gasteiger partial charge on any atom is -0.238 e. The molecule has 0 spiro atoms. The first-order valence-electron chi connectivity index (χ1n) is 9.37. The average molecular weight is 322 g/mol. The molecule has 1 aromatic carbocycles. The van der Waals surface area contributed by atoms with Crippen LogP contribution in [0.5, 0.6) is 0 Å². The second-order valence-electron chi connectivity index (χ2n) is 7.72. The highest BCUT2D eigenvalue weighted by Crippen LogP contribution is 2.32. The lowest BCUT2D eigenvalue weighted by Gasteiger charge is -2.28. The van der Waals surface area contributed by atoms with Crippen molar-refractivity contribution in [3.63, 3.8) is 0 Å². The number of hydrogen-bond donors (Lipinski definition) is 0. The van der Waals surface area contributed by atoms with Gasteiger partial charge in [0.15, 0.2) is 0 Å². The highest BCUT2D eigenvalue weighted by Gasteiger charge is 2.22. The van der Waals surface area contributed by atoms with E-state index in [1.54, 1.807) is 0 Å². The van der Waals surface area contributed by atoms with E-state index in [2.05, 4.69) is 52.0 Å². The molecule has 2 aromatic rings. The first-order chi connectivity index (χ1) is 11.5. The van der Waals surface area contributed by atoms with Crippen LogP contribution in [0, 0.1) is 39.5 Å². The molecule has 0 saturated heterocycles. The molecular formula is C22H30N2. The average Bonchev–Trinajstić information content (AvgIpc) is 2.56. The van der Waals surface area contributed by atoms with Crippen LogP contribution < -0.4 is 0 Å². The van der Waals surface area contributed by atoms with Crippen LogP contribution in [0.4, 0.5) is 0 Å². The molecule has 1 fully saturated rings. The first kappa shape index (κ1) is 17.1. The number of aromatic nitrogens is 2. The Morgan fingerprint density at radius 2 is 1.25 bits per heavy atom. The van der Waals surface area contributed by atoms with E-state index >= 15 is 0 Å². The molecule has 0 N–H and O–H groups in total. The van der Waals surface area contributed by atoms with Crippen molar-refractivity contribution in [2.24, 2.45) is 11.8 Å². The van der Waals surface area contributed by atoms with Gasteiger partial charge in [0, 0.05) is 17.8 Å². The maximum absolute atomic E-state index is 4.71. The Morgan fingerprint density at radius 1 is 0.750 bits per heavy atom. The first-order valence-corrected chi connectivity index (χ1v) is 9.37. The predicted octanol–water partition coefficient (Wildman–Crippen LogP) is 5.30. The zero-order chi connectivity index (χ0) is 17.1. The van der Waals surface area contributed by atoms with Crippen molar-refractivity contribution in [2.45, 2.75) is 66.2 Å². The van der Waals surface area contributed by atoms with E-state index in [1.165, 1.54) is 48.8 Å². The fourth-order valence-corrected chi connectivity index (χ4v) is 3.89. The maximum atomic E-state index is 4.71. The van der Waals surface area contributed by atoms with Crippen molar-refractivity contribution in [2.75, 3.05) is 0 Å². The molecule has 1 heterocycles. The summed E-state index contributed by atoms with van der Waals surface area (Å²) in [6.45, 7) is 8.48. The Balaban J connectivity index is 1.52. The Morgan fingerprint density at radius 3 is 1.79 bits per heavy atom. The van der Waals surface area contributed by atoms with Crippen LogP contribution in [-0.4, -0.2) is 9.97 Å². The third-order valence-corrected chi connectivity index (χ3v) is 5.76. The number of benzene rings is 1. The van der Waals surface area contributed by atoms with E-state index in [0.29, 0.717) is 0 Å². The monoisotopic (exact) mass is 322 g/mol. The van der Waals surface area contributed by atoms with Crippen LogP contribution >= 0.6 is 0 Å². The van der Waals surface area contributed by atoms with Crippen LogP contribution in [0.15, 0.2) is 24.3 Å². The second kappa shape index (κ2) is 7.46. The van der Waals surface area contributed by atoms with E-state index < -0.39 is 0 Å². The van der Waals surface area contributed by atoms with Crippen LogP contribution in [0.2, 0.25) is 0 Å². The van der Waals surface area contributed by atoms with Gasteiger partial charge in [-0.05, 0) is 82.8 Å². The molecule has 0 radical (unpaired) electrons. The largest absolute Gasteiger partial charge is 0.238 e. The second-order valence-corrected chi connectivity index (χ2v) is 7.72. The van der Waals surface area contributed by atoms with Gasteiger partial charge in [-0.15, -0.1) is 0 Å². The third-order valence-electron chi connectivity index (χ3n) is 5.76. The highest BCUT2D eigenvalue weighted by atomic mass is 14.9. The van der Waals surface area contributed by atoms with Gasteiger partial charge in [0.1, 0.15) is 5.82 Å². The smallest absolute Gasteiger partial charge is 0.129 e. The molecule has 1 aliphatic rings. The van der Waals surface area contributed by atoms with Crippen molar-refractivity contribution in [3.8, 4) is 0 Å². The zero-order valence-electron chi connectivity index (χ0n) is 15.6. The molecule has 0 bridgehead atoms. The topological polar surface area (TPSA) is 25.8 Å². The fraction of sp³-hybridized carbons (Fsp3) is 0.545. The maximum Gasteiger partial charge on any atom is 0.129 e. The van der Waals surface area contributed by atoms with E-state index in [1.807, 2.05) is 0 Å². The van der Waals surface area contributed by atoms with Crippen LogP contribution in [0.25, 0.3) is 0 Å². The lowest BCUT2D eigenvalue weighted by molar-refractivity contribution is 0.269. The molecule has 2 heteroatoms. The molecular weight excluding hydrogens is 292 g/mol. The summed E-state index contributed by atoms with van der Waals surface area (Å²) >= 11 is 0. The number of rotatable bonds is 4. The van der Waals surface area contributed by atoms with Crippen molar-refractivity contribution >= 4 is 0 Å². The summed E-state index contributed by atoms with van der Waals surface area (Å²) in [5.74, 6) is 2.67. The van der Waals surface area contributed by atoms with Crippen molar-refractivity contribution in [3.05, 3.63) is 58.2 Å². The van der Waals surface area contributed by atoms with Gasteiger partial charge in [0.25, 0.3) is 0 Å². The number of hydrogen-bond acceptors (Lipinski definition) is 2. The predicted molar refractivity (Wildman–Crippen MR) is 100 cm³/mol. The summed E-state index contributed by atoms with van der Waals surface area (Å²) in [7, 11) is 0. The van der Waals surface area contributed by atoms with Gasteiger partial charge < -0.3 is 0 Å². The zero-order valence-corrected chi connectivity index (χ0v) is 15.6. The summed E-state index contributed by atoms with van der Waals surface area (Å²) in [5, 5.41) is 0. The molecule has 3 rings (SSSR count). The van der Waals surface area contributed by atoms with Crippen molar-refractivity contribution in [1.29, 1.82) is 0 Å². The standard InChI is InChI=1S/C22H30N2/c1-15-5-7-19(8-6-15)13-20-9-11-21(12-10-20)14-22-23-17(3)16(2)18(4)24-22/h5-8,20-21H,9-14H2,1-4H3. The Bertz CT molecular complexity index is 657. The quantitative estimate of drug-likeness (QED) is 0.763. The van der Waals surface area contributed by atoms with Gasteiger partial charge in [0.2, 0.25) is 0 Å². The lowest BCUT2D eigenvalue weighted by atomic mass is 9.78. The van der Waals surface area contributed by atoms with Crippen LogP contribution in [-0.2, 0) is 12.8 Å². The SMILES string of the molecule is Cc1ccc(CC2CCC(Cc3nc(C)c(C)c(C)n3)CC2)cc1. The van der Waals surface area contributed by atoms with Crippen LogP contribution in [0.1, 0.15) is 59.6 Å². The normalized spacial score (nSPS) is 21.0. The summed E-state index contributed by atoms with van der Waals surface area (Å²) in [5.41, 5.74) is 6.37. The van der Waals surface area contributed by atoms with E-state index in [4.69, 9.17) is 9.97 Å². The molecule has 0 atom stereocenters. The van der Waals surface area contributed by atoms with E-state index in [0.717, 1.165) is 35.5 Å². The van der Waals surface area contributed by atoms with Crippen LogP contribution in [0.3, 0.4) is 0 Å².